The van der Waals surface area contributed by atoms with Gasteiger partial charge in [-0.3, -0.25) is 9.36 Å². The van der Waals surface area contributed by atoms with Gasteiger partial charge in [0.2, 0.25) is 0 Å². The average Bonchev–Trinajstić information content (AvgIpc) is 3.27. The van der Waals surface area contributed by atoms with Crippen LogP contribution in [0.5, 0.6) is 17.2 Å². The SMILES string of the molecule is COc1cc2ncn(CCSc3nnc(COc4ccc(F)cc4)o3)c(=O)c2cc1OC. The second kappa shape index (κ2) is 9.69. The maximum atomic E-state index is 12.9. The first-order chi connectivity index (χ1) is 15.6. The normalized spacial score (nSPS) is 11.0. The molecule has 9 nitrogen and oxygen atoms in total. The maximum absolute atomic E-state index is 12.9. The highest BCUT2D eigenvalue weighted by molar-refractivity contribution is 7.99. The van der Waals surface area contributed by atoms with Crippen LogP contribution in [0.4, 0.5) is 4.39 Å². The van der Waals surface area contributed by atoms with Gasteiger partial charge >= 0.3 is 0 Å². The number of ether oxygens (including phenoxy) is 3. The van der Waals surface area contributed by atoms with E-state index in [-0.39, 0.29) is 18.0 Å². The molecule has 4 rings (SSSR count). The number of aryl methyl sites for hydroxylation is 1. The highest BCUT2D eigenvalue weighted by Crippen LogP contribution is 2.29. The first-order valence-corrected chi connectivity index (χ1v) is 10.5. The van der Waals surface area contributed by atoms with E-state index >= 15 is 0 Å². The molecule has 0 unspecified atom stereocenters. The van der Waals surface area contributed by atoms with Crippen LogP contribution in [-0.4, -0.2) is 39.7 Å². The van der Waals surface area contributed by atoms with Crippen LogP contribution in [-0.2, 0) is 13.2 Å². The van der Waals surface area contributed by atoms with E-state index in [1.165, 1.54) is 61.1 Å². The van der Waals surface area contributed by atoms with Crippen LogP contribution in [0.3, 0.4) is 0 Å². The second-order valence-corrected chi connectivity index (χ2v) is 7.57. The van der Waals surface area contributed by atoms with Gasteiger partial charge in [0.25, 0.3) is 16.7 Å². The van der Waals surface area contributed by atoms with Crippen LogP contribution in [0, 0.1) is 5.82 Å². The molecule has 0 atom stereocenters. The van der Waals surface area contributed by atoms with Gasteiger partial charge in [-0.25, -0.2) is 9.37 Å². The monoisotopic (exact) mass is 458 g/mol. The van der Waals surface area contributed by atoms with Crippen molar-refractivity contribution in [2.45, 2.75) is 18.4 Å². The largest absolute Gasteiger partial charge is 0.493 e. The number of benzene rings is 2. The molecule has 0 aliphatic heterocycles. The number of hydrogen-bond donors (Lipinski definition) is 0. The van der Waals surface area contributed by atoms with E-state index in [1.807, 2.05) is 0 Å². The molecule has 11 heteroatoms. The first kappa shape index (κ1) is 21.6. The zero-order valence-corrected chi connectivity index (χ0v) is 18.1. The smallest absolute Gasteiger partial charge is 0.276 e. The van der Waals surface area contributed by atoms with Crippen molar-refractivity contribution in [3.05, 3.63) is 64.8 Å². The summed E-state index contributed by atoms with van der Waals surface area (Å²) in [5.74, 6) is 1.94. The van der Waals surface area contributed by atoms with Gasteiger partial charge in [0, 0.05) is 18.4 Å². The van der Waals surface area contributed by atoms with Crippen molar-refractivity contribution in [2.24, 2.45) is 0 Å². The number of nitrogens with zero attached hydrogens (tertiary/aromatic N) is 4. The Hall–Kier alpha value is -3.60. The molecule has 2 aromatic heterocycles. The average molecular weight is 458 g/mol. The predicted octanol–water partition coefficient (Wildman–Crippen LogP) is 3.31. The van der Waals surface area contributed by atoms with Crippen molar-refractivity contribution < 1.29 is 23.0 Å². The van der Waals surface area contributed by atoms with Gasteiger partial charge < -0.3 is 18.6 Å². The minimum Gasteiger partial charge on any atom is -0.493 e. The van der Waals surface area contributed by atoms with E-state index in [0.717, 1.165) is 0 Å². The Kier molecular flexibility index (Phi) is 6.55. The van der Waals surface area contributed by atoms with Crippen molar-refractivity contribution in [3.63, 3.8) is 0 Å². The van der Waals surface area contributed by atoms with Gasteiger partial charge in [-0.2, -0.15) is 0 Å². The quantitative estimate of drug-likeness (QED) is 0.350. The fourth-order valence-corrected chi connectivity index (χ4v) is 3.62. The molecule has 0 bridgehead atoms. The van der Waals surface area contributed by atoms with E-state index in [1.54, 1.807) is 12.1 Å². The van der Waals surface area contributed by atoms with Crippen LogP contribution in [0.25, 0.3) is 10.9 Å². The van der Waals surface area contributed by atoms with E-state index < -0.39 is 0 Å². The van der Waals surface area contributed by atoms with Gasteiger partial charge in [0.15, 0.2) is 18.1 Å². The van der Waals surface area contributed by atoms with E-state index in [9.17, 15) is 9.18 Å². The van der Waals surface area contributed by atoms with E-state index in [4.69, 9.17) is 18.6 Å². The summed E-state index contributed by atoms with van der Waals surface area (Å²) in [5.41, 5.74) is 0.342. The van der Waals surface area contributed by atoms with Crippen LogP contribution in [0.2, 0.25) is 0 Å². The Morgan fingerprint density at radius 2 is 1.84 bits per heavy atom. The number of thioether (sulfide) groups is 1. The summed E-state index contributed by atoms with van der Waals surface area (Å²) < 4.78 is 36.0. The van der Waals surface area contributed by atoms with Crippen molar-refractivity contribution >= 4 is 22.7 Å². The Morgan fingerprint density at radius 1 is 1.09 bits per heavy atom. The van der Waals surface area contributed by atoms with E-state index in [2.05, 4.69) is 15.2 Å². The molecule has 0 fully saturated rings. The molecule has 0 saturated carbocycles. The lowest BCUT2D eigenvalue weighted by Gasteiger charge is -2.10. The summed E-state index contributed by atoms with van der Waals surface area (Å²) in [4.78, 5) is 17.2. The highest BCUT2D eigenvalue weighted by atomic mass is 32.2. The number of rotatable bonds is 9. The molecule has 0 aliphatic carbocycles. The molecule has 0 amide bonds. The van der Waals surface area contributed by atoms with Crippen LogP contribution in [0.1, 0.15) is 5.89 Å². The standard InChI is InChI=1S/C21H19FN4O5S/c1-28-17-9-15-16(10-18(17)29-2)23-12-26(20(15)27)7-8-32-21-25-24-19(31-21)11-30-14-5-3-13(22)4-6-14/h3-6,9-10,12H,7-8,11H2,1-2H3. The van der Waals surface area contributed by atoms with Gasteiger partial charge in [-0.1, -0.05) is 11.8 Å². The highest BCUT2D eigenvalue weighted by Gasteiger charge is 2.12. The molecule has 166 valence electrons. The lowest BCUT2D eigenvalue weighted by Crippen LogP contribution is -2.21. The fourth-order valence-electron chi connectivity index (χ4n) is 2.91. The predicted molar refractivity (Wildman–Crippen MR) is 115 cm³/mol. The minimum atomic E-state index is -0.339. The molecular weight excluding hydrogens is 439 g/mol. The number of methoxy groups -OCH3 is 2. The number of halogens is 1. The molecular formula is C21H19FN4O5S. The third-order valence-electron chi connectivity index (χ3n) is 4.51. The van der Waals surface area contributed by atoms with Gasteiger partial charge in [-0.15, -0.1) is 10.2 Å². The molecule has 0 radical (unpaired) electrons. The summed E-state index contributed by atoms with van der Waals surface area (Å²) >= 11 is 1.31. The van der Waals surface area contributed by atoms with Gasteiger partial charge in [0.05, 0.1) is 31.4 Å². The van der Waals surface area contributed by atoms with Crippen molar-refractivity contribution in [3.8, 4) is 17.2 Å². The number of aromatic nitrogens is 4. The zero-order chi connectivity index (χ0) is 22.5. The lowest BCUT2D eigenvalue weighted by atomic mass is 10.2. The first-order valence-electron chi connectivity index (χ1n) is 9.52. The van der Waals surface area contributed by atoms with Crippen molar-refractivity contribution in [2.75, 3.05) is 20.0 Å². The third kappa shape index (κ3) is 4.83. The molecule has 0 saturated heterocycles. The minimum absolute atomic E-state index is 0.0680. The Balaban J connectivity index is 1.36. The molecule has 32 heavy (non-hydrogen) atoms. The number of fused-ring (bicyclic) bond motifs is 1. The zero-order valence-electron chi connectivity index (χ0n) is 17.3. The maximum Gasteiger partial charge on any atom is 0.276 e. The van der Waals surface area contributed by atoms with Crippen LogP contribution < -0.4 is 19.8 Å². The third-order valence-corrected chi connectivity index (χ3v) is 5.31. The molecule has 4 aromatic rings. The lowest BCUT2D eigenvalue weighted by molar-refractivity contribution is 0.252. The Morgan fingerprint density at radius 3 is 2.59 bits per heavy atom. The molecule has 0 aliphatic rings. The molecule has 2 heterocycles. The second-order valence-electron chi connectivity index (χ2n) is 6.52. The molecule has 2 aromatic carbocycles. The van der Waals surface area contributed by atoms with Gasteiger partial charge in [0.1, 0.15) is 11.6 Å². The summed E-state index contributed by atoms with van der Waals surface area (Å²) in [7, 11) is 3.04. The molecule has 0 spiro atoms. The van der Waals surface area contributed by atoms with Crippen molar-refractivity contribution in [1.29, 1.82) is 0 Å². The van der Waals surface area contributed by atoms with E-state index in [0.29, 0.717) is 51.6 Å². The van der Waals surface area contributed by atoms with Gasteiger partial charge in [-0.05, 0) is 30.3 Å². The summed E-state index contributed by atoms with van der Waals surface area (Å²) in [5, 5.41) is 8.68. The summed E-state index contributed by atoms with van der Waals surface area (Å²) in [6, 6.07) is 8.94. The topological polar surface area (TPSA) is 102 Å². The van der Waals surface area contributed by atoms with Crippen LogP contribution in [0.15, 0.2) is 57.2 Å². The van der Waals surface area contributed by atoms with Crippen molar-refractivity contribution in [1.82, 2.24) is 19.7 Å². The molecule has 0 N–H and O–H groups in total. The Bertz CT molecular complexity index is 1280. The van der Waals surface area contributed by atoms with Crippen LogP contribution >= 0.6 is 11.8 Å². The summed E-state index contributed by atoms with van der Waals surface area (Å²) in [6.45, 7) is 0.461. The Labute approximate surface area is 186 Å². The summed E-state index contributed by atoms with van der Waals surface area (Å²) in [6.07, 6.45) is 1.49. The fraction of sp³-hybridized carbons (Fsp3) is 0.238. The number of hydrogen-bond acceptors (Lipinski definition) is 9.